The van der Waals surface area contributed by atoms with Gasteiger partial charge in [0.05, 0.1) is 19.3 Å². The number of rotatable bonds is 5. The lowest BCUT2D eigenvalue weighted by molar-refractivity contribution is -0.142. The van der Waals surface area contributed by atoms with Gasteiger partial charge in [0.1, 0.15) is 11.7 Å². The van der Waals surface area contributed by atoms with Gasteiger partial charge in [0.2, 0.25) is 0 Å². The molecule has 1 aliphatic heterocycles. The predicted octanol–water partition coefficient (Wildman–Crippen LogP) is -0.649. The molecule has 0 spiro atoms. The molecule has 1 saturated heterocycles. The van der Waals surface area contributed by atoms with Gasteiger partial charge in [-0.2, -0.15) is 0 Å². The van der Waals surface area contributed by atoms with Crippen molar-refractivity contribution in [3.05, 3.63) is 18.2 Å². The summed E-state index contributed by atoms with van der Waals surface area (Å²) >= 11 is 0. The Morgan fingerprint density at radius 2 is 2.37 bits per heavy atom. The van der Waals surface area contributed by atoms with Crippen LogP contribution in [0.3, 0.4) is 0 Å². The first kappa shape index (κ1) is 13.3. The van der Waals surface area contributed by atoms with E-state index in [1.165, 1.54) is 0 Å². The second-order valence-corrected chi connectivity index (χ2v) is 4.27. The third-order valence-electron chi connectivity index (χ3n) is 2.92. The summed E-state index contributed by atoms with van der Waals surface area (Å²) in [7, 11) is 0. The lowest BCUT2D eigenvalue weighted by Gasteiger charge is -2.15. The van der Waals surface area contributed by atoms with Gasteiger partial charge in [0.15, 0.2) is 0 Å². The fourth-order valence-electron chi connectivity index (χ4n) is 1.89. The van der Waals surface area contributed by atoms with E-state index in [9.17, 15) is 9.59 Å². The van der Waals surface area contributed by atoms with Crippen LogP contribution in [0.1, 0.15) is 5.82 Å². The number of ether oxygens (including phenoxy) is 1. The second kappa shape index (κ2) is 6.19. The fourth-order valence-corrected chi connectivity index (χ4v) is 1.89. The molecule has 1 aromatic rings. The zero-order valence-corrected chi connectivity index (χ0v) is 10.3. The molecule has 104 valence electrons. The van der Waals surface area contributed by atoms with Crippen molar-refractivity contribution >= 4 is 12.0 Å². The van der Waals surface area contributed by atoms with E-state index in [0.29, 0.717) is 13.0 Å². The molecule has 2 amide bonds. The van der Waals surface area contributed by atoms with Crippen molar-refractivity contribution in [2.24, 2.45) is 5.92 Å². The van der Waals surface area contributed by atoms with Gasteiger partial charge in [0.25, 0.3) is 0 Å². The highest BCUT2D eigenvalue weighted by Gasteiger charge is 2.34. The molecule has 0 bridgehead atoms. The minimum Gasteiger partial charge on any atom is -0.481 e. The van der Waals surface area contributed by atoms with E-state index in [1.807, 2.05) is 0 Å². The van der Waals surface area contributed by atoms with Crippen molar-refractivity contribution < 1.29 is 19.4 Å². The first-order valence-electron chi connectivity index (χ1n) is 6.00. The van der Waals surface area contributed by atoms with Gasteiger partial charge in [-0.3, -0.25) is 4.79 Å². The Hall–Kier alpha value is -2.09. The Kier molecular flexibility index (Phi) is 4.35. The van der Waals surface area contributed by atoms with Crippen molar-refractivity contribution in [1.82, 2.24) is 20.6 Å². The summed E-state index contributed by atoms with van der Waals surface area (Å²) in [5.74, 6) is -0.859. The minimum atomic E-state index is -0.960. The number of imidazole rings is 1. The Morgan fingerprint density at radius 1 is 1.53 bits per heavy atom. The van der Waals surface area contributed by atoms with Crippen LogP contribution < -0.4 is 10.6 Å². The lowest BCUT2D eigenvalue weighted by Crippen LogP contribution is -2.47. The van der Waals surface area contributed by atoms with Crippen LogP contribution in [0.2, 0.25) is 0 Å². The number of H-pyrrole nitrogens is 1. The number of aromatic amines is 1. The monoisotopic (exact) mass is 268 g/mol. The van der Waals surface area contributed by atoms with Crippen LogP contribution >= 0.6 is 0 Å². The van der Waals surface area contributed by atoms with Crippen LogP contribution in [0.4, 0.5) is 4.79 Å². The van der Waals surface area contributed by atoms with E-state index in [0.717, 1.165) is 5.82 Å². The molecule has 4 N–H and O–H groups in total. The molecule has 19 heavy (non-hydrogen) atoms. The molecule has 1 aliphatic rings. The number of carbonyl (C=O) groups excluding carboxylic acids is 1. The van der Waals surface area contributed by atoms with E-state index in [4.69, 9.17) is 9.84 Å². The average Bonchev–Trinajstić information content (AvgIpc) is 2.99. The highest BCUT2D eigenvalue weighted by molar-refractivity contribution is 5.77. The number of hydrogen-bond donors (Lipinski definition) is 4. The number of aliphatic carboxylic acids is 1. The molecule has 2 unspecified atom stereocenters. The Morgan fingerprint density at radius 3 is 3.05 bits per heavy atom. The number of nitrogens with one attached hydrogen (secondary N) is 3. The van der Waals surface area contributed by atoms with Gasteiger partial charge in [-0.1, -0.05) is 0 Å². The van der Waals surface area contributed by atoms with Gasteiger partial charge < -0.3 is 25.5 Å². The van der Waals surface area contributed by atoms with Crippen LogP contribution in [-0.4, -0.2) is 52.9 Å². The van der Waals surface area contributed by atoms with Gasteiger partial charge in [-0.05, 0) is 0 Å². The molecule has 2 heterocycles. The van der Waals surface area contributed by atoms with Crippen molar-refractivity contribution in [3.8, 4) is 0 Å². The van der Waals surface area contributed by atoms with Gasteiger partial charge >= 0.3 is 12.0 Å². The highest BCUT2D eigenvalue weighted by Crippen LogP contribution is 2.13. The third-order valence-corrected chi connectivity index (χ3v) is 2.92. The largest absolute Gasteiger partial charge is 0.481 e. The maximum absolute atomic E-state index is 11.6. The van der Waals surface area contributed by atoms with Crippen molar-refractivity contribution in [2.45, 2.75) is 12.5 Å². The van der Waals surface area contributed by atoms with Crippen LogP contribution in [-0.2, 0) is 16.0 Å². The first-order valence-corrected chi connectivity index (χ1v) is 6.00. The number of nitrogens with zero attached hydrogens (tertiary/aromatic N) is 1. The van der Waals surface area contributed by atoms with E-state index in [-0.39, 0.29) is 13.2 Å². The number of amides is 2. The summed E-state index contributed by atoms with van der Waals surface area (Å²) in [4.78, 5) is 29.4. The Bertz CT molecular complexity index is 434. The Labute approximate surface area is 109 Å². The molecule has 1 fully saturated rings. The summed E-state index contributed by atoms with van der Waals surface area (Å²) in [6.07, 6.45) is 3.94. The standard InChI is InChI=1S/C11H16N4O4/c16-10(17)7-5-19-6-8(7)15-11(18)14-2-1-9-12-3-4-13-9/h3-4,7-8H,1-2,5-6H2,(H,12,13)(H,16,17)(H2,14,15,18). The van der Waals surface area contributed by atoms with Crippen molar-refractivity contribution in [3.63, 3.8) is 0 Å². The molecule has 2 atom stereocenters. The summed E-state index contributed by atoms with van der Waals surface area (Å²) in [6.45, 7) is 0.778. The molecule has 8 nitrogen and oxygen atoms in total. The molecular weight excluding hydrogens is 252 g/mol. The summed E-state index contributed by atoms with van der Waals surface area (Å²) in [6, 6.07) is -0.880. The maximum atomic E-state index is 11.6. The van der Waals surface area contributed by atoms with E-state index < -0.39 is 24.0 Å². The number of aromatic nitrogens is 2. The van der Waals surface area contributed by atoms with Crippen LogP contribution in [0.25, 0.3) is 0 Å². The molecular formula is C11H16N4O4. The molecule has 0 saturated carbocycles. The van der Waals surface area contributed by atoms with Gasteiger partial charge in [-0.25, -0.2) is 9.78 Å². The second-order valence-electron chi connectivity index (χ2n) is 4.27. The summed E-state index contributed by atoms with van der Waals surface area (Å²) < 4.78 is 5.06. The highest BCUT2D eigenvalue weighted by atomic mass is 16.5. The lowest BCUT2D eigenvalue weighted by atomic mass is 10.0. The summed E-state index contributed by atoms with van der Waals surface area (Å²) in [5, 5.41) is 14.2. The number of carboxylic acid groups (broad SMARTS) is 1. The molecule has 0 radical (unpaired) electrons. The third kappa shape index (κ3) is 3.68. The number of urea groups is 1. The molecule has 8 heteroatoms. The Balaban J connectivity index is 1.70. The fraction of sp³-hybridized carbons (Fsp3) is 0.545. The number of hydrogen-bond acceptors (Lipinski definition) is 4. The topological polar surface area (TPSA) is 116 Å². The normalized spacial score (nSPS) is 22.1. The van der Waals surface area contributed by atoms with Crippen LogP contribution in [0.15, 0.2) is 12.4 Å². The summed E-state index contributed by atoms with van der Waals surface area (Å²) in [5.41, 5.74) is 0. The van der Waals surface area contributed by atoms with E-state index in [2.05, 4.69) is 20.6 Å². The van der Waals surface area contributed by atoms with E-state index in [1.54, 1.807) is 12.4 Å². The first-order chi connectivity index (χ1) is 9.16. The number of carboxylic acids is 1. The van der Waals surface area contributed by atoms with Gasteiger partial charge in [-0.15, -0.1) is 0 Å². The SMILES string of the molecule is O=C(NCCc1ncc[nH]1)NC1COCC1C(=O)O. The van der Waals surface area contributed by atoms with Crippen LogP contribution in [0.5, 0.6) is 0 Å². The minimum absolute atomic E-state index is 0.132. The van der Waals surface area contributed by atoms with Crippen molar-refractivity contribution in [1.29, 1.82) is 0 Å². The molecule has 0 aromatic carbocycles. The zero-order valence-electron chi connectivity index (χ0n) is 10.3. The van der Waals surface area contributed by atoms with E-state index >= 15 is 0 Å². The van der Waals surface area contributed by atoms with Gasteiger partial charge in [0, 0.05) is 25.4 Å². The van der Waals surface area contributed by atoms with Crippen molar-refractivity contribution in [2.75, 3.05) is 19.8 Å². The average molecular weight is 268 g/mol. The van der Waals surface area contributed by atoms with Crippen LogP contribution in [0, 0.1) is 5.92 Å². The molecule has 2 rings (SSSR count). The number of carbonyl (C=O) groups is 2. The predicted molar refractivity (Wildman–Crippen MR) is 64.6 cm³/mol. The maximum Gasteiger partial charge on any atom is 0.315 e. The zero-order chi connectivity index (χ0) is 13.7. The molecule has 0 aliphatic carbocycles. The molecule has 1 aromatic heterocycles. The smallest absolute Gasteiger partial charge is 0.315 e. The quantitative estimate of drug-likeness (QED) is 0.566.